The molecule has 1 heterocycles. The molecule has 1 unspecified atom stereocenters. The highest BCUT2D eigenvalue weighted by Gasteiger charge is 2.31. The van der Waals surface area contributed by atoms with Crippen molar-refractivity contribution in [1.29, 1.82) is 0 Å². The Labute approximate surface area is 236 Å². The molecule has 2 aromatic rings. The van der Waals surface area contributed by atoms with Crippen molar-refractivity contribution in [2.24, 2.45) is 5.92 Å². The third-order valence-corrected chi connectivity index (χ3v) is 7.74. The molecular formula is C29H39N3O7S. The second kappa shape index (κ2) is 17.2. The first-order valence-corrected chi connectivity index (χ1v) is 15.3. The van der Waals surface area contributed by atoms with Crippen LogP contribution < -0.4 is 10.6 Å². The van der Waals surface area contributed by atoms with E-state index in [1.54, 1.807) is 30.3 Å². The van der Waals surface area contributed by atoms with E-state index < -0.39 is 45.7 Å². The van der Waals surface area contributed by atoms with Gasteiger partial charge in [0.2, 0.25) is 17.6 Å². The number of morpholine rings is 1. The van der Waals surface area contributed by atoms with E-state index in [1.807, 2.05) is 44.2 Å². The smallest absolute Gasteiger partial charge is 0.289 e. The third kappa shape index (κ3) is 11.7. The van der Waals surface area contributed by atoms with Crippen LogP contribution in [0.5, 0.6) is 0 Å². The SMILES string of the molecule is CC.O=C(CNC(=O)C(CC(=O)N1CCOCC1)CS(=O)(=O)Cc1ccccc1)C(=O)NCCc1ccccc1. The molecule has 0 saturated carbocycles. The first kappa shape index (κ1) is 32.6. The topological polar surface area (TPSA) is 139 Å². The zero-order valence-corrected chi connectivity index (χ0v) is 24.0. The lowest BCUT2D eigenvalue weighted by Gasteiger charge is -2.28. The monoisotopic (exact) mass is 573 g/mol. The number of carbonyl (C=O) groups is 4. The highest BCUT2D eigenvalue weighted by molar-refractivity contribution is 7.90. The van der Waals surface area contributed by atoms with Crippen LogP contribution in [-0.2, 0) is 45.9 Å². The van der Waals surface area contributed by atoms with Gasteiger partial charge in [-0.1, -0.05) is 74.5 Å². The molecule has 3 amide bonds. The Morgan fingerprint density at radius 3 is 2.05 bits per heavy atom. The summed E-state index contributed by atoms with van der Waals surface area (Å²) in [7, 11) is -3.77. The van der Waals surface area contributed by atoms with E-state index in [-0.39, 0.29) is 24.6 Å². The Balaban J connectivity index is 0.00000274. The Bertz CT molecular complexity index is 1200. The molecule has 0 bridgehead atoms. The first-order chi connectivity index (χ1) is 19.2. The van der Waals surface area contributed by atoms with Crippen molar-refractivity contribution in [2.75, 3.05) is 45.1 Å². The maximum Gasteiger partial charge on any atom is 0.289 e. The highest BCUT2D eigenvalue weighted by Crippen LogP contribution is 2.15. The molecule has 0 aliphatic carbocycles. The van der Waals surface area contributed by atoms with Gasteiger partial charge in [0.05, 0.1) is 37.2 Å². The van der Waals surface area contributed by atoms with Crippen LogP contribution in [0.1, 0.15) is 31.4 Å². The van der Waals surface area contributed by atoms with Crippen LogP contribution in [-0.4, -0.2) is 82.0 Å². The summed E-state index contributed by atoms with van der Waals surface area (Å²) in [6.07, 6.45) is 0.203. The van der Waals surface area contributed by atoms with Crippen molar-refractivity contribution in [2.45, 2.75) is 32.4 Å². The van der Waals surface area contributed by atoms with Crippen LogP contribution in [0.15, 0.2) is 60.7 Å². The standard InChI is InChI=1S/C27H33N3O7S.C2H6/c31-24(27(34)28-12-11-21-7-3-1-4-8-21)18-29-26(33)23(17-25(32)30-13-15-37-16-14-30)20-38(35,36)19-22-9-5-2-6-10-22;1-2/h1-10,23H,11-20H2,(H,28,34)(H,29,33);1-2H3. The molecule has 218 valence electrons. The molecule has 10 nitrogen and oxygen atoms in total. The van der Waals surface area contributed by atoms with Gasteiger partial charge in [-0.05, 0) is 17.5 Å². The summed E-state index contributed by atoms with van der Waals surface area (Å²) in [6.45, 7) is 5.08. The van der Waals surface area contributed by atoms with Gasteiger partial charge in [0.1, 0.15) is 0 Å². The quantitative estimate of drug-likeness (QED) is 0.347. The number of ether oxygens (including phenoxy) is 1. The fraction of sp³-hybridized carbons (Fsp3) is 0.448. The minimum Gasteiger partial charge on any atom is -0.378 e. The molecule has 1 atom stereocenters. The van der Waals surface area contributed by atoms with Crippen LogP contribution in [0.4, 0.5) is 0 Å². The van der Waals surface area contributed by atoms with Crippen LogP contribution >= 0.6 is 0 Å². The van der Waals surface area contributed by atoms with Crippen molar-refractivity contribution in [1.82, 2.24) is 15.5 Å². The molecule has 1 aliphatic rings. The highest BCUT2D eigenvalue weighted by atomic mass is 32.2. The Morgan fingerprint density at radius 2 is 1.45 bits per heavy atom. The molecule has 0 spiro atoms. The summed E-state index contributed by atoms with van der Waals surface area (Å²) >= 11 is 0. The number of hydrogen-bond donors (Lipinski definition) is 2. The maximum absolute atomic E-state index is 13.0. The van der Waals surface area contributed by atoms with Gasteiger partial charge >= 0.3 is 0 Å². The fourth-order valence-electron chi connectivity index (χ4n) is 4.03. The number of hydrogen-bond acceptors (Lipinski definition) is 7. The number of amides is 3. The van der Waals surface area contributed by atoms with Crippen LogP contribution in [0.3, 0.4) is 0 Å². The average Bonchev–Trinajstić information content (AvgIpc) is 2.97. The molecule has 3 rings (SSSR count). The largest absolute Gasteiger partial charge is 0.378 e. The predicted molar refractivity (Wildman–Crippen MR) is 152 cm³/mol. The molecule has 0 aromatic heterocycles. The molecular weight excluding hydrogens is 534 g/mol. The zero-order valence-electron chi connectivity index (χ0n) is 23.1. The minimum absolute atomic E-state index is 0.247. The number of nitrogens with zero attached hydrogens (tertiary/aromatic N) is 1. The molecule has 1 saturated heterocycles. The van der Waals surface area contributed by atoms with E-state index in [9.17, 15) is 27.6 Å². The van der Waals surface area contributed by atoms with Crippen LogP contribution in [0, 0.1) is 5.92 Å². The van der Waals surface area contributed by atoms with E-state index >= 15 is 0 Å². The summed E-state index contributed by atoms with van der Waals surface area (Å²) in [6, 6.07) is 18.0. The molecule has 2 aromatic carbocycles. The van der Waals surface area contributed by atoms with Gasteiger partial charge in [0.15, 0.2) is 9.84 Å². The van der Waals surface area contributed by atoms with E-state index in [2.05, 4.69) is 10.6 Å². The lowest BCUT2D eigenvalue weighted by atomic mass is 10.1. The van der Waals surface area contributed by atoms with Gasteiger partial charge in [0, 0.05) is 26.1 Å². The first-order valence-electron chi connectivity index (χ1n) is 13.5. The lowest BCUT2D eigenvalue weighted by Crippen LogP contribution is -2.46. The van der Waals surface area contributed by atoms with Gasteiger partial charge in [0.25, 0.3) is 5.91 Å². The van der Waals surface area contributed by atoms with Gasteiger partial charge in [-0.3, -0.25) is 19.2 Å². The third-order valence-electron chi connectivity index (χ3n) is 6.06. The van der Waals surface area contributed by atoms with Gasteiger partial charge < -0.3 is 20.3 Å². The summed E-state index contributed by atoms with van der Waals surface area (Å²) in [4.78, 5) is 51.7. The normalized spacial score (nSPS) is 13.8. The number of sulfone groups is 1. The number of carbonyl (C=O) groups excluding carboxylic acids is 4. The molecule has 40 heavy (non-hydrogen) atoms. The van der Waals surface area contributed by atoms with Gasteiger partial charge in [-0.25, -0.2) is 8.42 Å². The molecule has 0 radical (unpaired) electrons. The van der Waals surface area contributed by atoms with Gasteiger partial charge in [-0.15, -0.1) is 0 Å². The average molecular weight is 574 g/mol. The zero-order chi connectivity index (χ0) is 29.4. The predicted octanol–water partition coefficient (Wildman–Crippen LogP) is 1.54. The summed E-state index contributed by atoms with van der Waals surface area (Å²) < 4.78 is 31.0. The van der Waals surface area contributed by atoms with Gasteiger partial charge in [-0.2, -0.15) is 0 Å². The second-order valence-corrected chi connectivity index (χ2v) is 11.2. The summed E-state index contributed by atoms with van der Waals surface area (Å²) in [5.41, 5.74) is 1.56. The molecule has 2 N–H and O–H groups in total. The van der Waals surface area contributed by atoms with Crippen LogP contribution in [0.25, 0.3) is 0 Å². The number of Topliss-reactive ketones (excluding diaryl/α,β-unsaturated/α-hetero) is 1. The van der Waals surface area contributed by atoms with E-state index in [4.69, 9.17) is 4.74 Å². The van der Waals surface area contributed by atoms with Crippen molar-refractivity contribution in [3.8, 4) is 0 Å². The minimum atomic E-state index is -3.77. The van der Waals surface area contributed by atoms with E-state index in [0.29, 0.717) is 38.3 Å². The number of nitrogens with one attached hydrogen (secondary N) is 2. The number of rotatable bonds is 13. The fourth-order valence-corrected chi connectivity index (χ4v) is 5.73. The Hall–Kier alpha value is -3.57. The van der Waals surface area contributed by atoms with Crippen molar-refractivity contribution in [3.05, 3.63) is 71.8 Å². The molecule has 11 heteroatoms. The van der Waals surface area contributed by atoms with Crippen molar-refractivity contribution < 1.29 is 32.3 Å². The van der Waals surface area contributed by atoms with E-state index in [0.717, 1.165) is 5.56 Å². The van der Waals surface area contributed by atoms with E-state index in [1.165, 1.54) is 4.90 Å². The maximum atomic E-state index is 13.0. The molecule has 1 fully saturated rings. The Kier molecular flexibility index (Phi) is 14.0. The summed E-state index contributed by atoms with van der Waals surface area (Å²) in [5.74, 6) is -4.92. The second-order valence-electron chi connectivity index (χ2n) is 9.07. The lowest BCUT2D eigenvalue weighted by molar-refractivity contribution is -0.140. The molecule has 1 aliphatic heterocycles. The van der Waals surface area contributed by atoms with Crippen molar-refractivity contribution in [3.63, 3.8) is 0 Å². The van der Waals surface area contributed by atoms with Crippen molar-refractivity contribution >= 4 is 33.3 Å². The number of benzene rings is 2. The van der Waals surface area contributed by atoms with Crippen LogP contribution in [0.2, 0.25) is 0 Å². The Morgan fingerprint density at radius 1 is 0.875 bits per heavy atom. The summed E-state index contributed by atoms with van der Waals surface area (Å²) in [5, 5.41) is 4.87. The number of ketones is 1.